The minimum Gasteiger partial charge on any atom is -0.347 e. The zero-order valence-corrected chi connectivity index (χ0v) is 17.5. The van der Waals surface area contributed by atoms with Crippen molar-refractivity contribution in [2.75, 3.05) is 24.5 Å². The minimum absolute atomic E-state index is 0.107. The van der Waals surface area contributed by atoms with Gasteiger partial charge < -0.3 is 15.5 Å². The van der Waals surface area contributed by atoms with Crippen molar-refractivity contribution < 1.29 is 9.18 Å². The van der Waals surface area contributed by atoms with E-state index in [1.807, 2.05) is 20.8 Å². The van der Waals surface area contributed by atoms with Crippen LogP contribution in [0.5, 0.6) is 0 Å². The molecule has 1 aromatic carbocycles. The minimum atomic E-state index is -0.232. The number of nitrogens with one attached hydrogen (secondary N) is 2. The summed E-state index contributed by atoms with van der Waals surface area (Å²) in [6.45, 7) is 8.44. The summed E-state index contributed by atoms with van der Waals surface area (Å²) in [5, 5.41) is 6.84. The normalized spacial score (nSPS) is 15.5. The highest BCUT2D eigenvalue weighted by Crippen LogP contribution is 2.25. The Hall–Kier alpha value is -2.22. The van der Waals surface area contributed by atoms with Crippen LogP contribution >= 0.6 is 11.5 Å². The lowest BCUT2D eigenvalue weighted by atomic mass is 9.97. The lowest BCUT2D eigenvalue weighted by Crippen LogP contribution is -2.48. The molecule has 1 fully saturated rings. The molecule has 0 atom stereocenters. The molecule has 0 radical (unpaired) electrons. The molecule has 0 unspecified atom stereocenters. The smallest absolute Gasteiger partial charge is 0.315 e. The first-order valence-electron chi connectivity index (χ1n) is 9.66. The van der Waals surface area contributed by atoms with Gasteiger partial charge in [0.15, 0.2) is 0 Å². The fourth-order valence-corrected chi connectivity index (χ4v) is 3.92. The number of rotatable bonds is 5. The summed E-state index contributed by atoms with van der Waals surface area (Å²) in [6, 6.07) is 6.35. The monoisotopic (exact) mass is 405 g/mol. The first kappa shape index (κ1) is 20.5. The second-order valence-corrected chi connectivity index (χ2v) is 9.04. The molecule has 6 nitrogen and oxygen atoms in total. The number of aromatic nitrogens is 2. The number of amides is 2. The molecular weight excluding hydrogens is 377 g/mol. The second kappa shape index (κ2) is 8.86. The van der Waals surface area contributed by atoms with Crippen LogP contribution in [0.15, 0.2) is 24.3 Å². The molecule has 28 heavy (non-hydrogen) atoms. The van der Waals surface area contributed by atoms with Crippen LogP contribution in [0.3, 0.4) is 0 Å². The van der Waals surface area contributed by atoms with Gasteiger partial charge in [0, 0.05) is 43.1 Å². The molecule has 2 N–H and O–H groups in total. The third kappa shape index (κ3) is 6.15. The number of carbonyl (C=O) groups excluding carboxylic acids is 1. The second-order valence-electron chi connectivity index (χ2n) is 8.31. The molecule has 1 saturated heterocycles. The Kier molecular flexibility index (Phi) is 6.49. The predicted molar refractivity (Wildman–Crippen MR) is 110 cm³/mol. The largest absolute Gasteiger partial charge is 0.347 e. The number of nitrogens with zero attached hydrogens (tertiary/aromatic N) is 3. The molecule has 3 rings (SSSR count). The van der Waals surface area contributed by atoms with Crippen LogP contribution in [-0.2, 0) is 6.42 Å². The molecule has 0 spiro atoms. The van der Waals surface area contributed by atoms with Crippen LogP contribution in [0.2, 0.25) is 0 Å². The van der Waals surface area contributed by atoms with Gasteiger partial charge in [-0.05, 0) is 57.2 Å². The Morgan fingerprint density at radius 1 is 1.25 bits per heavy atom. The van der Waals surface area contributed by atoms with E-state index in [2.05, 4.69) is 24.9 Å². The molecule has 2 amide bonds. The first-order chi connectivity index (χ1) is 13.3. The number of hydrogen-bond donors (Lipinski definition) is 2. The number of piperidine rings is 1. The molecule has 0 bridgehead atoms. The maximum absolute atomic E-state index is 13.0. The van der Waals surface area contributed by atoms with Gasteiger partial charge in [0.1, 0.15) is 11.6 Å². The standard InChI is InChI=1S/C20H28FN5OS/c1-20(2,3)24-18(27)22-13-15-8-10-26(11-9-15)19-23-17(25-28-19)12-14-4-6-16(21)7-5-14/h4-7,15H,8-13H2,1-3H3,(H2,22,24,27). The number of hydrogen-bond acceptors (Lipinski definition) is 5. The first-order valence-corrected chi connectivity index (χ1v) is 10.4. The van der Waals surface area contributed by atoms with Crippen molar-refractivity contribution in [2.45, 2.75) is 45.6 Å². The topological polar surface area (TPSA) is 70.2 Å². The van der Waals surface area contributed by atoms with Crippen molar-refractivity contribution >= 4 is 22.7 Å². The van der Waals surface area contributed by atoms with Gasteiger partial charge in [0.2, 0.25) is 5.13 Å². The summed E-state index contributed by atoms with van der Waals surface area (Å²) in [7, 11) is 0. The summed E-state index contributed by atoms with van der Waals surface area (Å²) >= 11 is 1.42. The Morgan fingerprint density at radius 2 is 1.93 bits per heavy atom. The molecule has 0 aliphatic carbocycles. The zero-order valence-electron chi connectivity index (χ0n) is 16.7. The van der Waals surface area contributed by atoms with E-state index in [9.17, 15) is 9.18 Å². The van der Waals surface area contributed by atoms with Crippen LogP contribution in [0.1, 0.15) is 45.0 Å². The number of anilines is 1. The van der Waals surface area contributed by atoms with Gasteiger partial charge >= 0.3 is 6.03 Å². The quantitative estimate of drug-likeness (QED) is 0.798. The van der Waals surface area contributed by atoms with Crippen molar-refractivity contribution in [2.24, 2.45) is 5.92 Å². The summed E-state index contributed by atoms with van der Waals surface area (Å²) in [6.07, 6.45) is 2.64. The summed E-state index contributed by atoms with van der Waals surface area (Å²) in [4.78, 5) is 18.8. The van der Waals surface area contributed by atoms with Gasteiger partial charge in [0.05, 0.1) is 0 Å². The number of carbonyl (C=O) groups is 1. The van der Waals surface area contributed by atoms with E-state index >= 15 is 0 Å². The van der Waals surface area contributed by atoms with Crippen LogP contribution < -0.4 is 15.5 Å². The predicted octanol–water partition coefficient (Wildman–Crippen LogP) is 3.58. The van der Waals surface area contributed by atoms with E-state index in [0.717, 1.165) is 42.5 Å². The highest BCUT2D eigenvalue weighted by atomic mass is 32.1. The van der Waals surface area contributed by atoms with E-state index in [1.165, 1.54) is 23.7 Å². The molecule has 2 heterocycles. The molecule has 1 aromatic heterocycles. The lowest BCUT2D eigenvalue weighted by molar-refractivity contribution is 0.228. The van der Waals surface area contributed by atoms with Crippen LogP contribution in [0.4, 0.5) is 14.3 Å². The molecule has 0 saturated carbocycles. The Balaban J connectivity index is 1.44. The van der Waals surface area contributed by atoms with Crippen LogP contribution in [0, 0.1) is 11.7 Å². The van der Waals surface area contributed by atoms with E-state index in [4.69, 9.17) is 0 Å². The van der Waals surface area contributed by atoms with Crippen molar-refractivity contribution in [3.05, 3.63) is 41.5 Å². The van der Waals surface area contributed by atoms with E-state index in [-0.39, 0.29) is 17.4 Å². The van der Waals surface area contributed by atoms with Crippen molar-refractivity contribution in [1.29, 1.82) is 0 Å². The van der Waals surface area contributed by atoms with Crippen molar-refractivity contribution in [3.63, 3.8) is 0 Å². The zero-order chi connectivity index (χ0) is 20.1. The number of benzene rings is 1. The molecule has 1 aliphatic heterocycles. The molecule has 1 aliphatic rings. The summed E-state index contributed by atoms with van der Waals surface area (Å²) in [5.41, 5.74) is 0.778. The molecule has 2 aromatic rings. The fraction of sp³-hybridized carbons (Fsp3) is 0.550. The van der Waals surface area contributed by atoms with Crippen molar-refractivity contribution in [3.8, 4) is 0 Å². The summed E-state index contributed by atoms with van der Waals surface area (Å²) in [5.74, 6) is 1.02. The van der Waals surface area contributed by atoms with Crippen LogP contribution in [-0.4, -0.2) is 40.6 Å². The van der Waals surface area contributed by atoms with E-state index in [0.29, 0.717) is 18.9 Å². The SMILES string of the molecule is CC(C)(C)NC(=O)NCC1CCN(c2nc(Cc3ccc(F)cc3)ns2)CC1. The van der Waals surface area contributed by atoms with Crippen molar-refractivity contribution in [1.82, 2.24) is 20.0 Å². The third-order valence-corrected chi connectivity index (χ3v) is 5.47. The Labute approximate surface area is 169 Å². The van der Waals surface area contributed by atoms with Gasteiger partial charge in [0.25, 0.3) is 0 Å². The summed E-state index contributed by atoms with van der Waals surface area (Å²) < 4.78 is 17.5. The van der Waals surface area contributed by atoms with E-state index in [1.54, 1.807) is 12.1 Å². The van der Waals surface area contributed by atoms with Gasteiger partial charge in [-0.3, -0.25) is 0 Å². The fourth-order valence-electron chi connectivity index (χ4n) is 3.18. The van der Waals surface area contributed by atoms with Gasteiger partial charge in [-0.15, -0.1) is 0 Å². The maximum atomic E-state index is 13.0. The molecule has 8 heteroatoms. The highest BCUT2D eigenvalue weighted by Gasteiger charge is 2.23. The average molecular weight is 406 g/mol. The maximum Gasteiger partial charge on any atom is 0.315 e. The van der Waals surface area contributed by atoms with Crippen LogP contribution in [0.25, 0.3) is 0 Å². The van der Waals surface area contributed by atoms with E-state index < -0.39 is 0 Å². The lowest BCUT2D eigenvalue weighted by Gasteiger charge is -2.31. The number of urea groups is 1. The molecule has 152 valence electrons. The Morgan fingerprint density at radius 3 is 2.57 bits per heavy atom. The highest BCUT2D eigenvalue weighted by molar-refractivity contribution is 7.09. The Bertz CT molecular complexity index is 779. The molecular formula is C20H28FN5OS. The van der Waals surface area contributed by atoms with Gasteiger partial charge in [-0.2, -0.15) is 4.37 Å². The van der Waals surface area contributed by atoms with Gasteiger partial charge in [-0.25, -0.2) is 14.2 Å². The third-order valence-electron chi connectivity index (χ3n) is 4.66. The average Bonchev–Trinajstić information content (AvgIpc) is 3.09. The van der Waals surface area contributed by atoms with Gasteiger partial charge in [-0.1, -0.05) is 12.1 Å². The number of halogens is 1.